The Bertz CT molecular complexity index is 584. The van der Waals surface area contributed by atoms with Gasteiger partial charge in [-0.25, -0.2) is 4.79 Å². The van der Waals surface area contributed by atoms with Crippen LogP contribution in [0.15, 0.2) is 24.3 Å². The molecule has 0 bridgehead atoms. The number of benzene rings is 1. The molecule has 0 saturated carbocycles. The smallest absolute Gasteiger partial charge is 0.410 e. The van der Waals surface area contributed by atoms with Crippen LogP contribution in [0.2, 0.25) is 0 Å². The van der Waals surface area contributed by atoms with Crippen LogP contribution in [0.3, 0.4) is 0 Å². The molecule has 138 valence electrons. The third kappa shape index (κ3) is 5.96. The first-order chi connectivity index (χ1) is 11.8. The minimum Gasteiger partial charge on any atom is -0.493 e. The van der Waals surface area contributed by atoms with E-state index in [9.17, 15) is 9.59 Å². The Hall–Kier alpha value is -2.24. The summed E-state index contributed by atoms with van der Waals surface area (Å²) >= 11 is 0. The number of hydrogen-bond donors (Lipinski definition) is 1. The third-order valence-electron chi connectivity index (χ3n) is 4.10. The minimum absolute atomic E-state index is 0.110. The summed E-state index contributed by atoms with van der Waals surface area (Å²) in [4.78, 5) is 25.3. The molecule has 0 unspecified atom stereocenters. The third-order valence-corrected chi connectivity index (χ3v) is 4.10. The standard InChI is InChI=1S/C19H28N2O4/c1-19(2,3)25-18(23)21-11-9-14(10-12-21)13-24-16-7-5-15(6-8-16)17(22)20-4/h5-8,14H,9-13H2,1-4H3,(H,20,22). The fourth-order valence-electron chi connectivity index (χ4n) is 2.67. The molecule has 1 fully saturated rings. The van der Waals surface area contributed by atoms with Crippen molar-refractivity contribution in [3.63, 3.8) is 0 Å². The molecule has 1 aliphatic rings. The zero-order chi connectivity index (χ0) is 18.4. The van der Waals surface area contributed by atoms with Crippen molar-refractivity contribution >= 4 is 12.0 Å². The summed E-state index contributed by atoms with van der Waals surface area (Å²) in [6.45, 7) is 7.63. The lowest BCUT2D eigenvalue weighted by molar-refractivity contribution is 0.0165. The maximum atomic E-state index is 12.1. The van der Waals surface area contributed by atoms with E-state index in [0.717, 1.165) is 18.6 Å². The summed E-state index contributed by atoms with van der Waals surface area (Å²) in [5.41, 5.74) is 0.151. The van der Waals surface area contributed by atoms with E-state index in [1.165, 1.54) is 0 Å². The summed E-state index contributed by atoms with van der Waals surface area (Å²) in [7, 11) is 1.61. The van der Waals surface area contributed by atoms with Crippen molar-refractivity contribution < 1.29 is 19.1 Å². The first-order valence-electron chi connectivity index (χ1n) is 8.71. The van der Waals surface area contributed by atoms with Crippen molar-refractivity contribution in [2.24, 2.45) is 5.92 Å². The van der Waals surface area contributed by atoms with Crippen LogP contribution >= 0.6 is 0 Å². The second kappa shape index (κ2) is 8.23. The zero-order valence-electron chi connectivity index (χ0n) is 15.5. The highest BCUT2D eigenvalue weighted by atomic mass is 16.6. The average Bonchev–Trinajstić information content (AvgIpc) is 2.58. The van der Waals surface area contributed by atoms with Crippen molar-refractivity contribution in [3.8, 4) is 5.75 Å². The van der Waals surface area contributed by atoms with Gasteiger partial charge in [0, 0.05) is 25.7 Å². The molecule has 0 radical (unpaired) electrons. The monoisotopic (exact) mass is 348 g/mol. The number of carbonyl (C=O) groups is 2. The summed E-state index contributed by atoms with van der Waals surface area (Å²) in [6.07, 6.45) is 1.56. The molecule has 1 N–H and O–H groups in total. The van der Waals surface area contributed by atoms with Crippen molar-refractivity contribution in [1.29, 1.82) is 0 Å². The highest BCUT2D eigenvalue weighted by Crippen LogP contribution is 2.21. The van der Waals surface area contributed by atoms with E-state index in [1.54, 1.807) is 36.2 Å². The lowest BCUT2D eigenvalue weighted by Gasteiger charge is -2.33. The van der Waals surface area contributed by atoms with Gasteiger partial charge in [0.25, 0.3) is 5.91 Å². The van der Waals surface area contributed by atoms with Gasteiger partial charge in [0.2, 0.25) is 0 Å². The molecule has 6 nitrogen and oxygen atoms in total. The number of rotatable bonds is 4. The molecule has 2 rings (SSSR count). The van der Waals surface area contributed by atoms with Crippen LogP contribution in [0.4, 0.5) is 4.79 Å². The van der Waals surface area contributed by atoms with E-state index in [2.05, 4.69) is 5.32 Å². The van der Waals surface area contributed by atoms with Crippen LogP contribution < -0.4 is 10.1 Å². The fourth-order valence-corrected chi connectivity index (χ4v) is 2.67. The number of ether oxygens (including phenoxy) is 2. The summed E-state index contributed by atoms with van der Waals surface area (Å²) in [5.74, 6) is 1.06. The van der Waals surface area contributed by atoms with E-state index in [4.69, 9.17) is 9.47 Å². The molecule has 1 aliphatic heterocycles. The molecule has 0 aromatic heterocycles. The maximum Gasteiger partial charge on any atom is 0.410 e. The predicted octanol–water partition coefficient (Wildman–Crippen LogP) is 3.07. The normalized spacial score (nSPS) is 15.6. The fraction of sp³-hybridized carbons (Fsp3) is 0.579. The minimum atomic E-state index is -0.460. The van der Waals surface area contributed by atoms with E-state index < -0.39 is 5.60 Å². The number of piperidine rings is 1. The van der Waals surface area contributed by atoms with Crippen molar-refractivity contribution in [1.82, 2.24) is 10.2 Å². The highest BCUT2D eigenvalue weighted by Gasteiger charge is 2.27. The van der Waals surface area contributed by atoms with E-state index in [0.29, 0.717) is 31.2 Å². The molecule has 1 aromatic rings. The number of amides is 2. The lowest BCUT2D eigenvalue weighted by atomic mass is 9.98. The van der Waals surface area contributed by atoms with Gasteiger partial charge in [0.05, 0.1) is 6.61 Å². The average molecular weight is 348 g/mol. The number of likely N-dealkylation sites (tertiary alicyclic amines) is 1. The van der Waals surface area contributed by atoms with Gasteiger partial charge in [0.15, 0.2) is 0 Å². The van der Waals surface area contributed by atoms with Crippen molar-refractivity contribution in [2.75, 3.05) is 26.7 Å². The first kappa shape index (κ1) is 19.1. The zero-order valence-corrected chi connectivity index (χ0v) is 15.5. The highest BCUT2D eigenvalue weighted by molar-refractivity contribution is 5.94. The molecule has 0 atom stereocenters. The van der Waals surface area contributed by atoms with Gasteiger partial charge >= 0.3 is 6.09 Å². The van der Waals surface area contributed by atoms with Gasteiger partial charge < -0.3 is 19.7 Å². The van der Waals surface area contributed by atoms with Crippen molar-refractivity contribution in [3.05, 3.63) is 29.8 Å². The summed E-state index contributed by atoms with van der Waals surface area (Å²) in [6, 6.07) is 7.11. The topological polar surface area (TPSA) is 67.9 Å². The van der Waals surface area contributed by atoms with Gasteiger partial charge in [-0.3, -0.25) is 4.79 Å². The Morgan fingerprint density at radius 1 is 1.16 bits per heavy atom. The Balaban J connectivity index is 1.75. The van der Waals surface area contributed by atoms with Crippen molar-refractivity contribution in [2.45, 2.75) is 39.2 Å². The quantitative estimate of drug-likeness (QED) is 0.908. The maximum absolute atomic E-state index is 12.1. The molecule has 25 heavy (non-hydrogen) atoms. The second-order valence-corrected chi connectivity index (χ2v) is 7.33. The Kier molecular flexibility index (Phi) is 6.28. The van der Waals surface area contributed by atoms with E-state index in [-0.39, 0.29) is 12.0 Å². The van der Waals surface area contributed by atoms with Gasteiger partial charge in [-0.1, -0.05) is 0 Å². The molecule has 1 aromatic carbocycles. The van der Waals surface area contributed by atoms with Crippen LogP contribution in [0, 0.1) is 5.92 Å². The van der Waals surface area contributed by atoms with Crippen LogP contribution in [0.25, 0.3) is 0 Å². The molecule has 1 heterocycles. The van der Waals surface area contributed by atoms with Crippen LogP contribution in [-0.2, 0) is 4.74 Å². The molecule has 2 amide bonds. The van der Waals surface area contributed by atoms with Crippen LogP contribution in [0.5, 0.6) is 5.75 Å². The van der Waals surface area contributed by atoms with Gasteiger partial charge in [0.1, 0.15) is 11.4 Å². The lowest BCUT2D eigenvalue weighted by Crippen LogP contribution is -2.42. The molecule has 6 heteroatoms. The van der Waals surface area contributed by atoms with Gasteiger partial charge in [-0.05, 0) is 63.8 Å². The number of nitrogens with zero attached hydrogens (tertiary/aromatic N) is 1. The predicted molar refractivity (Wildman–Crippen MR) is 95.9 cm³/mol. The van der Waals surface area contributed by atoms with Gasteiger partial charge in [-0.15, -0.1) is 0 Å². The van der Waals surface area contributed by atoms with E-state index in [1.807, 2.05) is 20.8 Å². The summed E-state index contributed by atoms with van der Waals surface area (Å²) in [5, 5.41) is 2.59. The second-order valence-electron chi connectivity index (χ2n) is 7.33. The molecular weight excluding hydrogens is 320 g/mol. The number of hydrogen-bond acceptors (Lipinski definition) is 4. The van der Waals surface area contributed by atoms with E-state index >= 15 is 0 Å². The first-order valence-corrected chi connectivity index (χ1v) is 8.71. The van der Waals surface area contributed by atoms with Crippen LogP contribution in [-0.4, -0.2) is 49.2 Å². The number of carbonyl (C=O) groups excluding carboxylic acids is 2. The van der Waals surface area contributed by atoms with Crippen LogP contribution in [0.1, 0.15) is 44.0 Å². The number of nitrogens with one attached hydrogen (secondary N) is 1. The largest absolute Gasteiger partial charge is 0.493 e. The molecule has 1 saturated heterocycles. The summed E-state index contributed by atoms with van der Waals surface area (Å²) < 4.78 is 11.2. The van der Waals surface area contributed by atoms with Gasteiger partial charge in [-0.2, -0.15) is 0 Å². The Labute approximate surface area is 149 Å². The molecule has 0 aliphatic carbocycles. The molecule has 0 spiro atoms. The Morgan fingerprint density at radius 3 is 2.28 bits per heavy atom. The molecular formula is C19H28N2O4. The SMILES string of the molecule is CNC(=O)c1ccc(OCC2CCN(C(=O)OC(C)(C)C)CC2)cc1. The Morgan fingerprint density at radius 2 is 1.76 bits per heavy atom.